The smallest absolute Gasteiger partial charge is 0.234 e. The molecule has 0 radical (unpaired) electrons. The number of hydrogen-bond acceptors (Lipinski definition) is 3. The van der Waals surface area contributed by atoms with Crippen molar-refractivity contribution >= 4 is 5.91 Å². The van der Waals surface area contributed by atoms with E-state index in [0.29, 0.717) is 6.54 Å². The number of ether oxygens (including phenoxy) is 1. The predicted molar refractivity (Wildman–Crippen MR) is 50.5 cm³/mol. The molecular weight excluding hydrogens is 168 g/mol. The Morgan fingerprint density at radius 3 is 2.62 bits per heavy atom. The summed E-state index contributed by atoms with van der Waals surface area (Å²) in [6, 6.07) is 0.230. The molecule has 1 aliphatic rings. The number of amides is 1. The first-order valence-corrected chi connectivity index (χ1v) is 4.78. The Morgan fingerprint density at radius 2 is 2.08 bits per heavy atom. The van der Waals surface area contributed by atoms with E-state index >= 15 is 0 Å². The van der Waals surface area contributed by atoms with Gasteiger partial charge in [-0.2, -0.15) is 0 Å². The molecule has 1 amide bonds. The molecule has 13 heavy (non-hydrogen) atoms. The summed E-state index contributed by atoms with van der Waals surface area (Å²) in [7, 11) is 0. The number of carbonyl (C=O) groups is 1. The van der Waals surface area contributed by atoms with E-state index in [4.69, 9.17) is 4.74 Å². The lowest BCUT2D eigenvalue weighted by Crippen LogP contribution is -2.44. The zero-order valence-corrected chi connectivity index (χ0v) is 8.38. The highest BCUT2D eigenvalue weighted by Gasteiger charge is 2.13. The molecular formula is C9H18N2O2. The molecule has 0 bridgehead atoms. The second-order valence-corrected chi connectivity index (χ2v) is 3.61. The van der Waals surface area contributed by atoms with Gasteiger partial charge in [-0.3, -0.25) is 9.69 Å². The Kier molecular flexibility index (Phi) is 4.18. The molecule has 1 rings (SSSR count). The van der Waals surface area contributed by atoms with Crippen LogP contribution < -0.4 is 5.32 Å². The van der Waals surface area contributed by atoms with E-state index in [1.165, 1.54) is 0 Å². The van der Waals surface area contributed by atoms with Gasteiger partial charge < -0.3 is 10.1 Å². The Bertz CT molecular complexity index is 165. The fraction of sp³-hybridized carbons (Fsp3) is 0.889. The fourth-order valence-corrected chi connectivity index (χ4v) is 1.33. The van der Waals surface area contributed by atoms with Gasteiger partial charge >= 0.3 is 0 Å². The normalized spacial score (nSPS) is 19.0. The number of nitrogens with zero attached hydrogens (tertiary/aromatic N) is 1. The molecule has 0 aromatic carbocycles. The molecule has 1 fully saturated rings. The summed E-state index contributed by atoms with van der Waals surface area (Å²) >= 11 is 0. The molecule has 0 aliphatic carbocycles. The maximum Gasteiger partial charge on any atom is 0.234 e. The van der Waals surface area contributed by atoms with Crippen LogP contribution in [0.3, 0.4) is 0 Å². The average molecular weight is 186 g/mol. The van der Waals surface area contributed by atoms with Crippen LogP contribution >= 0.6 is 0 Å². The van der Waals surface area contributed by atoms with Gasteiger partial charge in [0.2, 0.25) is 5.91 Å². The first-order valence-electron chi connectivity index (χ1n) is 4.78. The van der Waals surface area contributed by atoms with Crippen molar-refractivity contribution < 1.29 is 9.53 Å². The summed E-state index contributed by atoms with van der Waals surface area (Å²) in [5.74, 6) is 0.108. The van der Waals surface area contributed by atoms with Crippen molar-refractivity contribution in [2.45, 2.75) is 19.9 Å². The lowest BCUT2D eigenvalue weighted by molar-refractivity contribution is -0.123. The minimum atomic E-state index is 0.108. The molecule has 1 N–H and O–H groups in total. The quantitative estimate of drug-likeness (QED) is 0.666. The highest BCUT2D eigenvalue weighted by molar-refractivity contribution is 5.78. The van der Waals surface area contributed by atoms with Gasteiger partial charge in [-0.15, -0.1) is 0 Å². The lowest BCUT2D eigenvalue weighted by atomic mass is 10.3. The maximum atomic E-state index is 11.3. The molecule has 0 aromatic heterocycles. The molecule has 0 spiro atoms. The Balaban J connectivity index is 2.18. The molecule has 0 atom stereocenters. The van der Waals surface area contributed by atoms with Gasteiger partial charge in [-0.1, -0.05) is 0 Å². The van der Waals surface area contributed by atoms with E-state index in [1.807, 2.05) is 13.8 Å². The van der Waals surface area contributed by atoms with Gasteiger partial charge in [-0.25, -0.2) is 0 Å². The van der Waals surface area contributed by atoms with Crippen molar-refractivity contribution in [2.24, 2.45) is 0 Å². The molecule has 4 heteroatoms. The number of morpholine rings is 1. The van der Waals surface area contributed by atoms with E-state index in [-0.39, 0.29) is 11.9 Å². The zero-order valence-electron chi connectivity index (χ0n) is 8.38. The maximum absolute atomic E-state index is 11.3. The van der Waals surface area contributed by atoms with Gasteiger partial charge in [0.05, 0.1) is 19.8 Å². The topological polar surface area (TPSA) is 41.6 Å². The van der Waals surface area contributed by atoms with E-state index < -0.39 is 0 Å². The zero-order chi connectivity index (χ0) is 9.68. The summed E-state index contributed by atoms with van der Waals surface area (Å²) in [5, 5.41) is 2.87. The van der Waals surface area contributed by atoms with Gasteiger partial charge in [0.1, 0.15) is 0 Å². The van der Waals surface area contributed by atoms with Crippen molar-refractivity contribution in [2.75, 3.05) is 32.8 Å². The number of hydrogen-bond donors (Lipinski definition) is 1. The Morgan fingerprint density at radius 1 is 1.46 bits per heavy atom. The summed E-state index contributed by atoms with van der Waals surface area (Å²) in [5.41, 5.74) is 0. The fourth-order valence-electron chi connectivity index (χ4n) is 1.33. The summed E-state index contributed by atoms with van der Waals surface area (Å²) in [6.07, 6.45) is 0. The van der Waals surface area contributed by atoms with E-state index in [9.17, 15) is 4.79 Å². The standard InChI is InChI=1S/C9H18N2O2/c1-8(2)10-9(12)7-11-3-5-13-6-4-11/h8H,3-7H2,1-2H3,(H,10,12). The van der Waals surface area contributed by atoms with E-state index in [1.54, 1.807) is 0 Å². The highest BCUT2D eigenvalue weighted by atomic mass is 16.5. The number of rotatable bonds is 3. The molecule has 1 aliphatic heterocycles. The number of nitrogens with one attached hydrogen (secondary N) is 1. The molecule has 0 saturated carbocycles. The van der Waals surface area contributed by atoms with Gasteiger partial charge in [0.25, 0.3) is 0 Å². The van der Waals surface area contributed by atoms with Gasteiger partial charge in [0, 0.05) is 19.1 Å². The third kappa shape index (κ3) is 4.24. The summed E-state index contributed by atoms with van der Waals surface area (Å²) in [6.45, 7) is 7.66. The monoisotopic (exact) mass is 186 g/mol. The van der Waals surface area contributed by atoms with E-state index in [2.05, 4.69) is 10.2 Å². The van der Waals surface area contributed by atoms with Crippen LogP contribution in [0.5, 0.6) is 0 Å². The first kappa shape index (κ1) is 10.5. The second-order valence-electron chi connectivity index (χ2n) is 3.61. The summed E-state index contributed by atoms with van der Waals surface area (Å²) < 4.78 is 5.19. The predicted octanol–water partition coefficient (Wildman–Crippen LogP) is -0.157. The third-order valence-corrected chi connectivity index (χ3v) is 1.92. The van der Waals surface area contributed by atoms with Crippen LogP contribution in [-0.2, 0) is 9.53 Å². The van der Waals surface area contributed by atoms with Crippen LogP contribution in [0.15, 0.2) is 0 Å². The van der Waals surface area contributed by atoms with Crippen molar-refractivity contribution in [1.29, 1.82) is 0 Å². The second kappa shape index (κ2) is 5.19. The van der Waals surface area contributed by atoms with Crippen molar-refractivity contribution in [3.8, 4) is 0 Å². The van der Waals surface area contributed by atoms with Crippen LogP contribution in [-0.4, -0.2) is 49.7 Å². The largest absolute Gasteiger partial charge is 0.379 e. The Labute approximate surface area is 79.2 Å². The van der Waals surface area contributed by atoms with Crippen molar-refractivity contribution in [3.63, 3.8) is 0 Å². The lowest BCUT2D eigenvalue weighted by Gasteiger charge is -2.26. The van der Waals surface area contributed by atoms with Crippen LogP contribution in [0.1, 0.15) is 13.8 Å². The molecule has 1 saturated heterocycles. The third-order valence-electron chi connectivity index (χ3n) is 1.92. The summed E-state index contributed by atoms with van der Waals surface area (Å²) in [4.78, 5) is 13.4. The molecule has 0 unspecified atom stereocenters. The minimum absolute atomic E-state index is 0.108. The van der Waals surface area contributed by atoms with Crippen molar-refractivity contribution in [3.05, 3.63) is 0 Å². The van der Waals surface area contributed by atoms with Gasteiger partial charge in [0.15, 0.2) is 0 Å². The van der Waals surface area contributed by atoms with Crippen LogP contribution in [0.2, 0.25) is 0 Å². The van der Waals surface area contributed by atoms with E-state index in [0.717, 1.165) is 26.3 Å². The number of carbonyl (C=O) groups excluding carboxylic acids is 1. The average Bonchev–Trinajstić information content (AvgIpc) is 2.04. The SMILES string of the molecule is CC(C)NC(=O)CN1CCOCC1. The van der Waals surface area contributed by atoms with Crippen LogP contribution in [0.4, 0.5) is 0 Å². The van der Waals surface area contributed by atoms with Gasteiger partial charge in [-0.05, 0) is 13.8 Å². The van der Waals surface area contributed by atoms with Crippen LogP contribution in [0, 0.1) is 0 Å². The molecule has 0 aromatic rings. The molecule has 1 heterocycles. The minimum Gasteiger partial charge on any atom is -0.379 e. The molecule has 76 valence electrons. The highest BCUT2D eigenvalue weighted by Crippen LogP contribution is 1.95. The van der Waals surface area contributed by atoms with Crippen molar-refractivity contribution in [1.82, 2.24) is 10.2 Å². The Hall–Kier alpha value is -0.610. The first-order chi connectivity index (χ1) is 6.18. The molecule has 4 nitrogen and oxygen atoms in total. The van der Waals surface area contributed by atoms with Crippen LogP contribution in [0.25, 0.3) is 0 Å².